The molecule has 33 heteroatoms. The number of fused-ring (bicyclic) bond motifs is 6. The van der Waals surface area contributed by atoms with Gasteiger partial charge in [-0.25, -0.2) is 51.9 Å². The molecule has 1 saturated heterocycles. The van der Waals surface area contributed by atoms with Crippen LogP contribution in [0.2, 0.25) is 5.28 Å². The third kappa shape index (κ3) is 18.2. The van der Waals surface area contributed by atoms with Gasteiger partial charge in [-0.2, -0.15) is 41.6 Å². The number of hydrogen-bond donors (Lipinski definition) is 4. The summed E-state index contributed by atoms with van der Waals surface area (Å²) in [5.74, 6) is -0.575. The van der Waals surface area contributed by atoms with Crippen molar-refractivity contribution in [3.63, 3.8) is 0 Å². The van der Waals surface area contributed by atoms with Crippen molar-refractivity contribution in [3.8, 4) is 39.6 Å². The summed E-state index contributed by atoms with van der Waals surface area (Å²) in [5.41, 5.74) is 20.9. The number of alkyl halides is 6. The molecular formula is C90H93BBrCl2F9N16O4. The van der Waals surface area contributed by atoms with Crippen molar-refractivity contribution < 1.29 is 58.4 Å². The fourth-order valence-corrected chi connectivity index (χ4v) is 16.5. The number of rotatable bonds is 7. The molecule has 8 aromatic heterocycles. The minimum Gasteiger partial charge on any atom is -0.444 e. The zero-order chi connectivity index (χ0) is 87.7. The predicted molar refractivity (Wildman–Crippen MR) is 466 cm³/mol. The highest BCUT2D eigenvalue weighted by atomic mass is 79.9. The van der Waals surface area contributed by atoms with Gasteiger partial charge in [0.05, 0.1) is 91.0 Å². The lowest BCUT2D eigenvalue weighted by molar-refractivity contribution is -0.138. The molecule has 0 spiro atoms. The van der Waals surface area contributed by atoms with Crippen molar-refractivity contribution in [1.29, 1.82) is 0 Å². The standard InChI is InChI=1S/C28H24F4N6.C23H23FN4.C19H24BrN3O2.C15H19BFNO2.C5H2ClF3N2.ClH/c1-15-5-4-6-16(2)25(15)38-26(20-11-22(29)17(3)24-19(20)7-9-33-24)21-14-37(10-8-23(21)36-38)27-34-12-18(13-35-27)28(30,31)32;1-13-5-4-6-14(2)22(13)28-23(18-12-25-9-8-20(18)27-28)17-11-19(24)15(3)21-16(17)7-10-26-21;1-12-7-6-8-13(2)16(12)23-17(20)14-11-22(10-9-15(14)21-23)18(24)25-19(3,4)5;1-9-12(17)8-11(10-6-7-18-13(9)10)16-19-14(2,3)15(4,5)20-16;6-4-10-1-3(2-11-4)5(7,8)9;/h4-7,9,11-13,33H,8,10,14H2,1-3H3;4-7,10-11,25-26H,8-9,12H2,1-3H3;6-8H,9-11H2,1-5H3;6-8,18H,1-5H3;1-2H;1H. The average molecular weight is 1800 g/mol. The van der Waals surface area contributed by atoms with Crippen LogP contribution in [0, 0.1) is 79.8 Å². The van der Waals surface area contributed by atoms with Gasteiger partial charge in [0.2, 0.25) is 11.2 Å². The van der Waals surface area contributed by atoms with Crippen LogP contribution in [0.1, 0.15) is 143 Å². The van der Waals surface area contributed by atoms with E-state index in [4.69, 9.17) is 40.9 Å². The van der Waals surface area contributed by atoms with Crippen molar-refractivity contribution in [2.45, 2.75) is 179 Å². The highest BCUT2D eigenvalue weighted by Crippen LogP contribution is 2.44. The van der Waals surface area contributed by atoms with Crippen molar-refractivity contribution in [2.75, 3.05) is 24.5 Å². The number of aryl methyl sites for hydroxylation is 9. The first-order valence-electron chi connectivity index (χ1n) is 39.8. The lowest BCUT2D eigenvalue weighted by Crippen LogP contribution is -2.41. The molecule has 1 fully saturated rings. The van der Waals surface area contributed by atoms with E-state index in [2.05, 4.69) is 120 Å². The minimum atomic E-state index is -4.51. The molecule has 644 valence electrons. The molecule has 14 aromatic rings. The van der Waals surface area contributed by atoms with Crippen LogP contribution in [0.3, 0.4) is 0 Å². The van der Waals surface area contributed by atoms with Crippen LogP contribution in [-0.4, -0.2) is 119 Å². The van der Waals surface area contributed by atoms with Crippen LogP contribution in [0.15, 0.2) is 139 Å². The zero-order valence-corrected chi connectivity index (χ0v) is 73.9. The van der Waals surface area contributed by atoms with Gasteiger partial charge in [0.1, 0.15) is 27.7 Å². The third-order valence-electron chi connectivity index (χ3n) is 22.9. The van der Waals surface area contributed by atoms with Gasteiger partial charge in [0.25, 0.3) is 0 Å². The Morgan fingerprint density at radius 3 is 1.39 bits per heavy atom. The van der Waals surface area contributed by atoms with Crippen LogP contribution < -0.4 is 15.7 Å². The Labute approximate surface area is 725 Å². The highest BCUT2D eigenvalue weighted by molar-refractivity contribution is 9.10. The Hall–Kier alpha value is -10.8. The molecular weight excluding hydrogens is 1700 g/mol. The molecule has 12 heterocycles. The molecule has 0 unspecified atom stereocenters. The summed E-state index contributed by atoms with van der Waals surface area (Å²) in [6, 6.07) is 29.1. The first kappa shape index (κ1) is 89.9. The fraction of sp³-hybridized carbons (Fsp3) is 0.333. The van der Waals surface area contributed by atoms with Gasteiger partial charge >= 0.3 is 25.6 Å². The first-order chi connectivity index (χ1) is 57.6. The van der Waals surface area contributed by atoms with Gasteiger partial charge in [-0.3, -0.25) is 0 Å². The van der Waals surface area contributed by atoms with Crippen LogP contribution in [0.5, 0.6) is 0 Å². The highest BCUT2D eigenvalue weighted by Gasteiger charge is 2.52. The molecule has 123 heavy (non-hydrogen) atoms. The van der Waals surface area contributed by atoms with Crippen molar-refractivity contribution >= 4 is 97.3 Å². The van der Waals surface area contributed by atoms with Gasteiger partial charge in [-0.15, -0.1) is 12.4 Å². The number of halogens is 12. The summed E-state index contributed by atoms with van der Waals surface area (Å²) in [5, 5.41) is 20.9. The lowest BCUT2D eigenvalue weighted by Gasteiger charge is -2.32. The minimum absolute atomic E-state index is 0. The second-order valence-corrected chi connectivity index (χ2v) is 34.1. The zero-order valence-electron chi connectivity index (χ0n) is 70.7. The van der Waals surface area contributed by atoms with E-state index in [-0.39, 0.29) is 47.2 Å². The number of anilines is 1. The van der Waals surface area contributed by atoms with E-state index in [9.17, 15) is 39.9 Å². The molecule has 0 radical (unpaired) electrons. The van der Waals surface area contributed by atoms with Gasteiger partial charge < -0.3 is 44.1 Å². The smallest absolute Gasteiger partial charge is 0.444 e. The molecule has 4 N–H and O–H groups in total. The maximum Gasteiger partial charge on any atom is 0.495 e. The van der Waals surface area contributed by atoms with Crippen LogP contribution in [0.25, 0.3) is 72.3 Å². The number of benzene rings is 6. The number of nitrogens with one attached hydrogen (secondary N) is 4. The predicted octanol–water partition coefficient (Wildman–Crippen LogP) is 21.2. The summed E-state index contributed by atoms with van der Waals surface area (Å²) in [7, 11) is -0.548. The second kappa shape index (κ2) is 35.1. The number of H-pyrrole nitrogens is 3. The van der Waals surface area contributed by atoms with E-state index in [1.807, 2.05) is 137 Å². The van der Waals surface area contributed by atoms with Crippen LogP contribution in [0.4, 0.5) is 50.3 Å². The van der Waals surface area contributed by atoms with E-state index in [1.165, 1.54) is 22.8 Å². The molecule has 4 aliphatic heterocycles. The molecule has 0 aliphatic carbocycles. The Bertz CT molecular complexity index is 6230. The Balaban J connectivity index is 0.000000138. The maximum absolute atomic E-state index is 15.2. The summed E-state index contributed by atoms with van der Waals surface area (Å²) in [6.07, 6.45) is 1.32. The molecule has 1 amide bonds. The number of ether oxygens (including phenoxy) is 1. The van der Waals surface area contributed by atoms with E-state index in [0.717, 1.165) is 160 Å². The summed E-state index contributed by atoms with van der Waals surface area (Å²) in [6.45, 7) is 34.9. The molecule has 20 nitrogen and oxygen atoms in total. The topological polar surface area (TPSA) is 216 Å². The number of hydrogen-bond acceptors (Lipinski definition) is 13. The third-order valence-corrected chi connectivity index (χ3v) is 23.9. The molecule has 18 rings (SSSR count). The largest absolute Gasteiger partial charge is 0.495 e. The summed E-state index contributed by atoms with van der Waals surface area (Å²) >= 11 is 8.87. The van der Waals surface area contributed by atoms with Gasteiger partial charge in [-0.1, -0.05) is 54.6 Å². The quantitative estimate of drug-likeness (QED) is 0.0664. The summed E-state index contributed by atoms with van der Waals surface area (Å²) in [4.78, 5) is 39.8. The van der Waals surface area contributed by atoms with E-state index in [1.54, 1.807) is 37.1 Å². The SMILES string of the molecule is Cc1c(F)cc(B2OC(C)(C)C(C)(C)O2)c2cc[nH]c12.Cc1cccc(C)c1-n1nc2c(c1-c1cc(F)c(C)c3[nH]ccc13)CN(c1ncc(C(F)(F)F)cn1)CC2.Cc1cccc(C)c1-n1nc2c(c1-c1cc(F)c(C)c3[nH]ccc13)CNCC2.Cc1cccc(C)c1-n1nc2c(c1Br)CN(C(=O)OC(C)(C)C)CC2.Cl.FC(F)(F)c1cnc(Cl)nc1. The van der Waals surface area contributed by atoms with Crippen molar-refractivity contribution in [1.82, 2.24) is 74.4 Å². The second-order valence-electron chi connectivity index (χ2n) is 33.0. The molecule has 0 saturated carbocycles. The van der Waals surface area contributed by atoms with Crippen molar-refractivity contribution in [2.24, 2.45) is 0 Å². The van der Waals surface area contributed by atoms with Gasteiger partial charge in [0, 0.05) is 151 Å². The number of para-hydroxylation sites is 3. The fourth-order valence-electron chi connectivity index (χ4n) is 15.8. The Morgan fingerprint density at radius 2 is 0.927 bits per heavy atom. The van der Waals surface area contributed by atoms with Crippen LogP contribution >= 0.6 is 39.9 Å². The van der Waals surface area contributed by atoms with Crippen molar-refractivity contribution in [3.05, 3.63) is 257 Å². The lowest BCUT2D eigenvalue weighted by atomic mass is 9.76. The number of aromatic nitrogens is 13. The Kier molecular flexibility index (Phi) is 25.6. The number of carbonyl (C=O) groups excluding carboxylic acids is 1. The van der Waals surface area contributed by atoms with Gasteiger partial charge in [0.15, 0.2) is 0 Å². The van der Waals surface area contributed by atoms with E-state index in [0.29, 0.717) is 72.8 Å². The number of amides is 1. The number of aromatic amines is 3. The summed E-state index contributed by atoms with van der Waals surface area (Å²) < 4.78 is 143. The number of carbonyl (C=O) groups is 1. The first-order valence-corrected chi connectivity index (χ1v) is 41.0. The Morgan fingerprint density at radius 1 is 0.528 bits per heavy atom. The molecule has 0 atom stereocenters. The number of nitrogens with zero attached hydrogens (tertiary/aromatic N) is 12. The average Bonchev–Trinajstić information content (AvgIpc) is 1.60. The maximum atomic E-state index is 15.2. The normalized spacial score (nSPS) is 14.8. The molecule has 0 bridgehead atoms. The van der Waals surface area contributed by atoms with E-state index >= 15 is 4.39 Å². The molecule has 4 aliphatic rings. The van der Waals surface area contributed by atoms with Gasteiger partial charge in [-0.05, 0) is 219 Å². The molecule has 6 aromatic carbocycles. The monoisotopic (exact) mass is 1790 g/mol. The van der Waals surface area contributed by atoms with E-state index < -0.39 is 47.4 Å². The van der Waals surface area contributed by atoms with Crippen LogP contribution in [-0.2, 0) is 65.3 Å².